The molecule has 0 radical (unpaired) electrons. The fourth-order valence-electron chi connectivity index (χ4n) is 2.77. The first-order chi connectivity index (χ1) is 12.0. The minimum Gasteiger partial charge on any atom is -0.478 e. The molecule has 1 aromatic heterocycles. The van der Waals surface area contributed by atoms with Crippen LogP contribution in [-0.4, -0.2) is 21.9 Å². The lowest BCUT2D eigenvalue weighted by Crippen LogP contribution is -1.99. The van der Waals surface area contributed by atoms with Gasteiger partial charge in [0.15, 0.2) is 0 Å². The first kappa shape index (κ1) is 17.2. The Balaban J connectivity index is 1.94. The molecule has 0 spiro atoms. The van der Waals surface area contributed by atoms with E-state index in [1.807, 2.05) is 19.1 Å². The summed E-state index contributed by atoms with van der Waals surface area (Å²) in [6.45, 7) is 4.10. The van der Waals surface area contributed by atoms with E-state index < -0.39 is 5.97 Å². The van der Waals surface area contributed by atoms with E-state index in [4.69, 9.17) is 5.11 Å². The number of carboxylic acids is 1. The van der Waals surface area contributed by atoms with Gasteiger partial charge >= 0.3 is 5.97 Å². The predicted octanol–water partition coefficient (Wildman–Crippen LogP) is 5.31. The number of halogens is 1. The van der Waals surface area contributed by atoms with Crippen molar-refractivity contribution in [3.8, 4) is 5.69 Å². The number of hydrogen-bond acceptors (Lipinski definition) is 2. The molecule has 0 aliphatic heterocycles. The molecule has 0 atom stereocenters. The van der Waals surface area contributed by atoms with Crippen molar-refractivity contribution in [2.75, 3.05) is 0 Å². The molecule has 0 bridgehead atoms. The second-order valence-electron chi connectivity index (χ2n) is 5.75. The highest BCUT2D eigenvalue weighted by atomic mass is 79.9. The van der Waals surface area contributed by atoms with Gasteiger partial charge in [-0.15, -0.1) is 0 Å². The number of rotatable bonds is 4. The van der Waals surface area contributed by atoms with Gasteiger partial charge in [-0.05, 0) is 62.4 Å². The standard InChI is InChI=1S/C20H17BrN2O2/c1-13-10-16(12-22-18-5-3-4-15(11-18)20(24)25)14(2)23(13)19-8-6-17(21)7-9-19/h3-12H,1-2H3,(H,24,25). The Bertz CT molecular complexity index is 956. The number of carboxylic acid groups (broad SMARTS) is 1. The van der Waals surface area contributed by atoms with E-state index in [1.165, 1.54) is 0 Å². The van der Waals surface area contributed by atoms with Crippen molar-refractivity contribution in [1.29, 1.82) is 0 Å². The molecule has 0 saturated heterocycles. The van der Waals surface area contributed by atoms with Crippen molar-refractivity contribution < 1.29 is 9.90 Å². The fraction of sp³-hybridized carbons (Fsp3) is 0.100. The lowest BCUT2D eigenvalue weighted by Gasteiger charge is -2.09. The fourth-order valence-corrected chi connectivity index (χ4v) is 3.03. The number of carbonyl (C=O) groups is 1. The second-order valence-corrected chi connectivity index (χ2v) is 6.67. The van der Waals surface area contributed by atoms with Crippen LogP contribution in [0.25, 0.3) is 5.69 Å². The van der Waals surface area contributed by atoms with Crippen molar-refractivity contribution in [2.45, 2.75) is 13.8 Å². The maximum Gasteiger partial charge on any atom is 0.335 e. The van der Waals surface area contributed by atoms with Gasteiger partial charge < -0.3 is 9.67 Å². The molecule has 126 valence electrons. The van der Waals surface area contributed by atoms with Crippen LogP contribution in [0.2, 0.25) is 0 Å². The molecule has 2 aromatic carbocycles. The first-order valence-electron chi connectivity index (χ1n) is 7.78. The monoisotopic (exact) mass is 396 g/mol. The van der Waals surface area contributed by atoms with Crippen LogP contribution in [0.15, 0.2) is 64.1 Å². The zero-order valence-corrected chi connectivity index (χ0v) is 15.5. The molecule has 0 unspecified atom stereocenters. The molecule has 0 aliphatic carbocycles. The molecule has 4 nitrogen and oxygen atoms in total. The van der Waals surface area contributed by atoms with E-state index in [-0.39, 0.29) is 5.56 Å². The molecule has 1 N–H and O–H groups in total. The summed E-state index contributed by atoms with van der Waals surface area (Å²) in [6.07, 6.45) is 1.78. The van der Waals surface area contributed by atoms with Crippen LogP contribution in [0, 0.1) is 13.8 Å². The summed E-state index contributed by atoms with van der Waals surface area (Å²) in [5.41, 5.74) is 5.13. The van der Waals surface area contributed by atoms with Crippen LogP contribution in [-0.2, 0) is 0 Å². The topological polar surface area (TPSA) is 54.6 Å². The SMILES string of the molecule is Cc1cc(C=Nc2cccc(C(=O)O)c2)c(C)n1-c1ccc(Br)cc1. The third-order valence-corrected chi connectivity index (χ3v) is 4.53. The average molecular weight is 397 g/mol. The number of benzene rings is 2. The quantitative estimate of drug-likeness (QED) is 0.607. The van der Waals surface area contributed by atoms with Crippen molar-refractivity contribution in [1.82, 2.24) is 4.57 Å². The molecule has 3 aromatic rings. The first-order valence-corrected chi connectivity index (χ1v) is 8.57. The minimum absolute atomic E-state index is 0.231. The highest BCUT2D eigenvalue weighted by Gasteiger charge is 2.09. The Morgan fingerprint density at radius 1 is 1.12 bits per heavy atom. The number of nitrogens with zero attached hydrogens (tertiary/aromatic N) is 2. The van der Waals surface area contributed by atoms with Gasteiger partial charge in [-0.25, -0.2) is 4.79 Å². The molecular formula is C20H17BrN2O2. The molecule has 5 heteroatoms. The zero-order chi connectivity index (χ0) is 18.0. The molecule has 0 fully saturated rings. The van der Waals surface area contributed by atoms with Crippen molar-refractivity contribution in [3.05, 3.63) is 81.6 Å². The summed E-state index contributed by atoms with van der Waals surface area (Å²) in [5.74, 6) is -0.953. The van der Waals surface area contributed by atoms with Gasteiger partial charge in [0.1, 0.15) is 0 Å². The Labute approximate surface area is 154 Å². The van der Waals surface area contributed by atoms with Crippen molar-refractivity contribution in [3.63, 3.8) is 0 Å². The Morgan fingerprint density at radius 3 is 2.52 bits per heavy atom. The number of aromatic nitrogens is 1. The van der Waals surface area contributed by atoms with Crippen LogP contribution in [0.4, 0.5) is 5.69 Å². The zero-order valence-electron chi connectivity index (χ0n) is 13.9. The normalized spacial score (nSPS) is 11.2. The Kier molecular flexibility index (Phi) is 4.86. The second kappa shape index (κ2) is 7.07. The summed E-state index contributed by atoms with van der Waals surface area (Å²) in [4.78, 5) is 15.5. The van der Waals surface area contributed by atoms with E-state index in [0.29, 0.717) is 5.69 Å². The molecule has 25 heavy (non-hydrogen) atoms. The van der Waals surface area contributed by atoms with Gasteiger partial charge in [-0.3, -0.25) is 4.99 Å². The van der Waals surface area contributed by atoms with Crippen LogP contribution >= 0.6 is 15.9 Å². The molecule has 0 amide bonds. The van der Waals surface area contributed by atoms with Gasteiger partial charge in [-0.2, -0.15) is 0 Å². The summed E-state index contributed by atoms with van der Waals surface area (Å²) in [7, 11) is 0. The lowest BCUT2D eigenvalue weighted by molar-refractivity contribution is 0.0697. The Hall–Kier alpha value is -2.66. The van der Waals surface area contributed by atoms with E-state index in [1.54, 1.807) is 30.5 Å². The van der Waals surface area contributed by atoms with E-state index in [2.05, 4.69) is 50.6 Å². The van der Waals surface area contributed by atoms with Crippen molar-refractivity contribution >= 4 is 33.8 Å². The predicted molar refractivity (Wildman–Crippen MR) is 104 cm³/mol. The Morgan fingerprint density at radius 2 is 1.84 bits per heavy atom. The van der Waals surface area contributed by atoms with Crippen LogP contribution in [0.1, 0.15) is 27.3 Å². The highest BCUT2D eigenvalue weighted by molar-refractivity contribution is 9.10. The largest absolute Gasteiger partial charge is 0.478 e. The van der Waals surface area contributed by atoms with Gasteiger partial charge in [0, 0.05) is 33.3 Å². The van der Waals surface area contributed by atoms with Gasteiger partial charge in [0.05, 0.1) is 11.3 Å². The highest BCUT2D eigenvalue weighted by Crippen LogP contribution is 2.22. The minimum atomic E-state index is -0.953. The average Bonchev–Trinajstić information content (AvgIpc) is 2.88. The molecular weight excluding hydrogens is 380 g/mol. The third kappa shape index (κ3) is 3.72. The summed E-state index contributed by atoms with van der Waals surface area (Å²) in [5, 5.41) is 9.07. The maximum atomic E-state index is 11.1. The number of hydrogen-bond donors (Lipinski definition) is 1. The summed E-state index contributed by atoms with van der Waals surface area (Å²) >= 11 is 3.45. The molecule has 0 aliphatic rings. The van der Waals surface area contributed by atoms with Gasteiger partial charge in [0.25, 0.3) is 0 Å². The smallest absolute Gasteiger partial charge is 0.335 e. The molecule has 0 saturated carbocycles. The number of aliphatic imine (C=N–C) groups is 1. The third-order valence-electron chi connectivity index (χ3n) is 4.00. The van der Waals surface area contributed by atoms with E-state index in [0.717, 1.165) is 27.1 Å². The van der Waals surface area contributed by atoms with E-state index >= 15 is 0 Å². The van der Waals surface area contributed by atoms with Gasteiger partial charge in [0.2, 0.25) is 0 Å². The van der Waals surface area contributed by atoms with Crippen LogP contribution in [0.5, 0.6) is 0 Å². The van der Waals surface area contributed by atoms with Crippen molar-refractivity contribution in [2.24, 2.45) is 4.99 Å². The molecule has 1 heterocycles. The number of aromatic carboxylic acids is 1. The lowest BCUT2D eigenvalue weighted by atomic mass is 10.2. The maximum absolute atomic E-state index is 11.1. The van der Waals surface area contributed by atoms with Crippen LogP contribution in [0.3, 0.4) is 0 Å². The van der Waals surface area contributed by atoms with E-state index in [9.17, 15) is 4.79 Å². The summed E-state index contributed by atoms with van der Waals surface area (Å²) < 4.78 is 3.21. The van der Waals surface area contributed by atoms with Crippen LogP contribution < -0.4 is 0 Å². The summed E-state index contributed by atoms with van der Waals surface area (Å²) in [6, 6.07) is 16.8. The van der Waals surface area contributed by atoms with Gasteiger partial charge in [-0.1, -0.05) is 22.0 Å². The molecule has 3 rings (SSSR count). The number of aryl methyl sites for hydroxylation is 1.